The largest absolute Gasteiger partial charge is 0.345 e. The van der Waals surface area contributed by atoms with Crippen LogP contribution >= 0.6 is 15.9 Å². The van der Waals surface area contributed by atoms with Gasteiger partial charge in [-0.25, -0.2) is 0 Å². The summed E-state index contributed by atoms with van der Waals surface area (Å²) in [5.41, 5.74) is 2.71. The smallest absolute Gasteiger partial charge is 0.253 e. The zero-order valence-electron chi connectivity index (χ0n) is 10.4. The van der Waals surface area contributed by atoms with E-state index in [1.54, 1.807) is 19.0 Å². The maximum absolute atomic E-state index is 12.2. The first-order valence-electron chi connectivity index (χ1n) is 5.66. The molecular formula is C15H14BrNO. The lowest BCUT2D eigenvalue weighted by Crippen LogP contribution is -2.22. The molecule has 0 saturated carbocycles. The molecule has 2 rings (SSSR count). The second-order valence-electron chi connectivity index (χ2n) is 4.26. The molecule has 2 nitrogen and oxygen atoms in total. The molecule has 0 bridgehead atoms. The first-order chi connectivity index (χ1) is 8.59. The molecule has 0 unspecified atom stereocenters. The maximum Gasteiger partial charge on any atom is 0.253 e. The fraction of sp³-hybridized carbons (Fsp3) is 0.133. The standard InChI is InChI=1S/C15H14BrNO/c1-17(2)15(18)13-9-8-12(16)10-14(13)11-6-4-3-5-7-11/h3-10H,1-2H3. The summed E-state index contributed by atoms with van der Waals surface area (Å²) in [5, 5.41) is 0. The SMILES string of the molecule is CN(C)C(=O)c1ccc(Br)cc1-c1ccccc1. The quantitative estimate of drug-likeness (QED) is 0.826. The molecule has 0 aromatic heterocycles. The number of amides is 1. The van der Waals surface area contributed by atoms with E-state index in [9.17, 15) is 4.79 Å². The number of nitrogens with zero attached hydrogens (tertiary/aromatic N) is 1. The molecule has 2 aromatic rings. The van der Waals surface area contributed by atoms with Crippen molar-refractivity contribution in [2.45, 2.75) is 0 Å². The number of rotatable bonds is 2. The van der Waals surface area contributed by atoms with Crippen LogP contribution in [0, 0.1) is 0 Å². The highest BCUT2D eigenvalue weighted by atomic mass is 79.9. The van der Waals surface area contributed by atoms with Crippen LogP contribution in [0.15, 0.2) is 53.0 Å². The number of halogens is 1. The van der Waals surface area contributed by atoms with E-state index < -0.39 is 0 Å². The van der Waals surface area contributed by atoms with Crippen LogP contribution in [0.1, 0.15) is 10.4 Å². The minimum absolute atomic E-state index is 0.0151. The highest BCUT2D eigenvalue weighted by Gasteiger charge is 2.14. The van der Waals surface area contributed by atoms with Crippen molar-refractivity contribution in [3.05, 3.63) is 58.6 Å². The van der Waals surface area contributed by atoms with Crippen molar-refractivity contribution < 1.29 is 4.79 Å². The Morgan fingerprint density at radius 1 is 1.06 bits per heavy atom. The van der Waals surface area contributed by atoms with Crippen LogP contribution in [0.4, 0.5) is 0 Å². The number of hydrogen-bond acceptors (Lipinski definition) is 1. The lowest BCUT2D eigenvalue weighted by Gasteiger charge is -2.14. The van der Waals surface area contributed by atoms with Crippen molar-refractivity contribution >= 4 is 21.8 Å². The molecule has 0 radical (unpaired) electrons. The minimum atomic E-state index is 0.0151. The second-order valence-corrected chi connectivity index (χ2v) is 5.17. The van der Waals surface area contributed by atoms with Gasteiger partial charge in [0.2, 0.25) is 0 Å². The molecule has 0 aliphatic rings. The van der Waals surface area contributed by atoms with E-state index in [1.807, 2.05) is 48.5 Å². The van der Waals surface area contributed by atoms with E-state index in [-0.39, 0.29) is 5.91 Å². The second kappa shape index (κ2) is 5.36. The van der Waals surface area contributed by atoms with Crippen molar-refractivity contribution in [2.24, 2.45) is 0 Å². The van der Waals surface area contributed by atoms with Gasteiger partial charge in [-0.3, -0.25) is 4.79 Å². The van der Waals surface area contributed by atoms with Crippen molar-refractivity contribution in [3.63, 3.8) is 0 Å². The lowest BCUT2D eigenvalue weighted by atomic mass is 9.99. The summed E-state index contributed by atoms with van der Waals surface area (Å²) in [6.45, 7) is 0. The number of carbonyl (C=O) groups is 1. The van der Waals surface area contributed by atoms with Gasteiger partial charge in [-0.1, -0.05) is 46.3 Å². The summed E-state index contributed by atoms with van der Waals surface area (Å²) in [6, 6.07) is 15.7. The van der Waals surface area contributed by atoms with Gasteiger partial charge in [-0.15, -0.1) is 0 Å². The van der Waals surface area contributed by atoms with Crippen LogP contribution < -0.4 is 0 Å². The molecule has 0 aliphatic carbocycles. The number of carbonyl (C=O) groups excluding carboxylic acids is 1. The third kappa shape index (κ3) is 2.62. The normalized spacial score (nSPS) is 10.2. The first kappa shape index (κ1) is 12.8. The van der Waals surface area contributed by atoms with Crippen LogP contribution in [-0.2, 0) is 0 Å². The Morgan fingerprint density at radius 3 is 2.33 bits per heavy atom. The number of benzene rings is 2. The Hall–Kier alpha value is -1.61. The Balaban J connectivity index is 2.58. The van der Waals surface area contributed by atoms with Crippen LogP contribution in [0.25, 0.3) is 11.1 Å². The molecule has 1 amide bonds. The average Bonchev–Trinajstić information content (AvgIpc) is 2.39. The fourth-order valence-corrected chi connectivity index (χ4v) is 2.16. The summed E-state index contributed by atoms with van der Waals surface area (Å²) in [5.74, 6) is 0.0151. The topological polar surface area (TPSA) is 20.3 Å². The van der Waals surface area contributed by atoms with Crippen molar-refractivity contribution in [2.75, 3.05) is 14.1 Å². The maximum atomic E-state index is 12.2. The minimum Gasteiger partial charge on any atom is -0.345 e. The molecule has 0 spiro atoms. The van der Waals surface area contributed by atoms with Crippen LogP contribution in [0.3, 0.4) is 0 Å². The van der Waals surface area contributed by atoms with Crippen molar-refractivity contribution in [1.82, 2.24) is 4.90 Å². The zero-order valence-corrected chi connectivity index (χ0v) is 11.9. The van der Waals surface area contributed by atoms with Crippen molar-refractivity contribution in [1.29, 1.82) is 0 Å². The van der Waals surface area contributed by atoms with Gasteiger partial charge in [-0.05, 0) is 29.3 Å². The molecule has 0 atom stereocenters. The fourth-order valence-electron chi connectivity index (χ4n) is 1.80. The Labute approximate surface area is 115 Å². The molecule has 0 N–H and O–H groups in total. The van der Waals surface area contributed by atoms with Gasteiger partial charge in [-0.2, -0.15) is 0 Å². The van der Waals surface area contributed by atoms with E-state index in [0.29, 0.717) is 0 Å². The van der Waals surface area contributed by atoms with Gasteiger partial charge in [0.15, 0.2) is 0 Å². The van der Waals surface area contributed by atoms with Crippen LogP contribution in [0.2, 0.25) is 0 Å². The van der Waals surface area contributed by atoms with Gasteiger partial charge in [0.25, 0.3) is 5.91 Å². The van der Waals surface area contributed by atoms with Crippen molar-refractivity contribution in [3.8, 4) is 11.1 Å². The molecule has 0 heterocycles. The third-order valence-electron chi connectivity index (χ3n) is 2.70. The molecular weight excluding hydrogens is 290 g/mol. The first-order valence-corrected chi connectivity index (χ1v) is 6.45. The highest BCUT2D eigenvalue weighted by Crippen LogP contribution is 2.27. The monoisotopic (exact) mass is 303 g/mol. The zero-order chi connectivity index (χ0) is 13.1. The summed E-state index contributed by atoms with van der Waals surface area (Å²) in [4.78, 5) is 13.8. The Kier molecular flexibility index (Phi) is 3.82. The molecule has 0 saturated heterocycles. The van der Waals surface area contributed by atoms with E-state index in [2.05, 4.69) is 15.9 Å². The lowest BCUT2D eigenvalue weighted by molar-refractivity contribution is 0.0828. The van der Waals surface area contributed by atoms with Gasteiger partial charge in [0.1, 0.15) is 0 Å². The molecule has 18 heavy (non-hydrogen) atoms. The predicted molar refractivity (Wildman–Crippen MR) is 77.6 cm³/mol. The predicted octanol–water partition coefficient (Wildman–Crippen LogP) is 3.82. The van der Waals surface area contributed by atoms with E-state index in [4.69, 9.17) is 0 Å². The van der Waals surface area contributed by atoms with Crippen LogP contribution in [-0.4, -0.2) is 24.9 Å². The third-order valence-corrected chi connectivity index (χ3v) is 3.20. The van der Waals surface area contributed by atoms with E-state index in [0.717, 1.165) is 21.2 Å². The summed E-state index contributed by atoms with van der Waals surface area (Å²) in [6.07, 6.45) is 0. The van der Waals surface area contributed by atoms with Gasteiger partial charge < -0.3 is 4.90 Å². The van der Waals surface area contributed by atoms with E-state index in [1.165, 1.54) is 0 Å². The van der Waals surface area contributed by atoms with Gasteiger partial charge in [0.05, 0.1) is 0 Å². The molecule has 0 aliphatic heterocycles. The van der Waals surface area contributed by atoms with Crippen LogP contribution in [0.5, 0.6) is 0 Å². The molecule has 0 fully saturated rings. The van der Waals surface area contributed by atoms with Gasteiger partial charge in [0, 0.05) is 24.1 Å². The Bertz CT molecular complexity index is 564. The highest BCUT2D eigenvalue weighted by molar-refractivity contribution is 9.10. The van der Waals surface area contributed by atoms with E-state index >= 15 is 0 Å². The Morgan fingerprint density at radius 2 is 1.72 bits per heavy atom. The summed E-state index contributed by atoms with van der Waals surface area (Å²) < 4.78 is 0.969. The average molecular weight is 304 g/mol. The summed E-state index contributed by atoms with van der Waals surface area (Å²) in [7, 11) is 3.53. The molecule has 3 heteroatoms. The molecule has 92 valence electrons. The van der Waals surface area contributed by atoms with Gasteiger partial charge >= 0.3 is 0 Å². The summed E-state index contributed by atoms with van der Waals surface area (Å²) >= 11 is 3.45. The molecule has 2 aromatic carbocycles. The number of hydrogen-bond donors (Lipinski definition) is 0.